The van der Waals surface area contributed by atoms with Gasteiger partial charge >= 0.3 is 0 Å². The maximum Gasteiger partial charge on any atom is 0.243 e. The summed E-state index contributed by atoms with van der Waals surface area (Å²) in [6.07, 6.45) is 0. The Labute approximate surface area is 125 Å². The van der Waals surface area contributed by atoms with Crippen molar-refractivity contribution in [2.45, 2.75) is 0 Å². The number of carbonyl (C=O) groups is 1. The highest BCUT2D eigenvalue weighted by molar-refractivity contribution is 9.10. The molecule has 2 N–H and O–H groups in total. The molecule has 0 saturated carbocycles. The van der Waals surface area contributed by atoms with Crippen LogP contribution in [0.25, 0.3) is 0 Å². The van der Waals surface area contributed by atoms with Gasteiger partial charge in [-0.15, -0.1) is 0 Å². The lowest BCUT2D eigenvalue weighted by molar-refractivity contribution is -0.114. The number of halogens is 2. The fourth-order valence-corrected chi connectivity index (χ4v) is 2.14. The van der Waals surface area contributed by atoms with Crippen molar-refractivity contribution in [3.05, 3.63) is 58.0 Å². The monoisotopic (exact) mass is 338 g/mol. The summed E-state index contributed by atoms with van der Waals surface area (Å²) in [6, 6.07) is 14.7. The van der Waals surface area contributed by atoms with Crippen molar-refractivity contribution in [3.63, 3.8) is 0 Å². The highest BCUT2D eigenvalue weighted by atomic mass is 79.9. The largest absolute Gasteiger partial charge is 0.376 e. The van der Waals surface area contributed by atoms with Gasteiger partial charge in [-0.1, -0.05) is 39.7 Å². The summed E-state index contributed by atoms with van der Waals surface area (Å²) in [7, 11) is 0. The lowest BCUT2D eigenvalue weighted by atomic mass is 10.3. The second-order valence-corrected chi connectivity index (χ2v) is 5.27. The number of anilines is 2. The Kier molecular flexibility index (Phi) is 4.82. The smallest absolute Gasteiger partial charge is 0.243 e. The summed E-state index contributed by atoms with van der Waals surface area (Å²) in [5, 5.41) is 6.45. The Morgan fingerprint density at radius 1 is 1.11 bits per heavy atom. The zero-order valence-electron chi connectivity index (χ0n) is 9.99. The van der Waals surface area contributed by atoms with Gasteiger partial charge in [-0.2, -0.15) is 0 Å². The maximum absolute atomic E-state index is 11.8. The van der Waals surface area contributed by atoms with Gasteiger partial charge in [0, 0.05) is 20.9 Å². The molecule has 19 heavy (non-hydrogen) atoms. The molecular formula is C14H12BrClN2O. The molecule has 0 aliphatic heterocycles. The van der Waals surface area contributed by atoms with E-state index in [1.807, 2.05) is 36.4 Å². The first-order chi connectivity index (χ1) is 9.13. The molecule has 0 aliphatic carbocycles. The molecule has 98 valence electrons. The number of hydrogen-bond donors (Lipinski definition) is 2. The molecule has 5 heteroatoms. The highest BCUT2D eigenvalue weighted by Crippen LogP contribution is 2.16. The molecule has 1 amide bonds. The van der Waals surface area contributed by atoms with Crippen LogP contribution in [0, 0.1) is 0 Å². The molecule has 2 aromatic rings. The number of nitrogens with one attached hydrogen (secondary N) is 2. The molecule has 3 nitrogen and oxygen atoms in total. The van der Waals surface area contributed by atoms with E-state index in [9.17, 15) is 4.79 Å². The van der Waals surface area contributed by atoms with E-state index in [0.29, 0.717) is 5.02 Å². The minimum absolute atomic E-state index is 0.113. The Morgan fingerprint density at radius 2 is 1.84 bits per heavy atom. The van der Waals surface area contributed by atoms with Gasteiger partial charge in [0.1, 0.15) is 0 Å². The van der Waals surface area contributed by atoms with Crippen LogP contribution in [0.2, 0.25) is 5.02 Å². The van der Waals surface area contributed by atoms with E-state index in [4.69, 9.17) is 11.6 Å². The fourth-order valence-electron chi connectivity index (χ4n) is 1.55. The molecule has 0 spiro atoms. The van der Waals surface area contributed by atoms with Crippen LogP contribution >= 0.6 is 27.5 Å². The number of benzene rings is 2. The van der Waals surface area contributed by atoms with Gasteiger partial charge in [0.05, 0.1) is 6.54 Å². The number of hydrogen-bond acceptors (Lipinski definition) is 2. The zero-order valence-corrected chi connectivity index (χ0v) is 12.3. The second kappa shape index (κ2) is 6.59. The number of rotatable bonds is 4. The molecule has 2 rings (SSSR count). The van der Waals surface area contributed by atoms with Crippen LogP contribution in [0.15, 0.2) is 53.0 Å². The summed E-state index contributed by atoms with van der Waals surface area (Å²) in [6.45, 7) is 0.187. The van der Waals surface area contributed by atoms with Gasteiger partial charge in [0.2, 0.25) is 5.91 Å². The molecular weight excluding hydrogens is 328 g/mol. The molecule has 0 aromatic heterocycles. The molecule has 0 fully saturated rings. The van der Waals surface area contributed by atoms with E-state index in [1.54, 1.807) is 12.1 Å². The van der Waals surface area contributed by atoms with Crippen molar-refractivity contribution in [1.82, 2.24) is 0 Å². The van der Waals surface area contributed by atoms with Gasteiger partial charge in [-0.05, 0) is 36.4 Å². The van der Waals surface area contributed by atoms with E-state index in [0.717, 1.165) is 15.8 Å². The quantitative estimate of drug-likeness (QED) is 0.878. The van der Waals surface area contributed by atoms with Crippen LogP contribution in [0.1, 0.15) is 0 Å². The Morgan fingerprint density at radius 3 is 2.58 bits per heavy atom. The van der Waals surface area contributed by atoms with E-state index in [2.05, 4.69) is 26.6 Å². The Bertz CT molecular complexity index is 589. The standard InChI is InChI=1S/C14H12BrClN2O/c15-10-3-1-6-13(7-10)18-14(19)9-17-12-5-2-4-11(16)8-12/h1-8,17H,9H2,(H,18,19). The summed E-state index contributed by atoms with van der Waals surface area (Å²) >= 11 is 9.22. The summed E-state index contributed by atoms with van der Waals surface area (Å²) in [4.78, 5) is 11.8. The minimum Gasteiger partial charge on any atom is -0.376 e. The second-order valence-electron chi connectivity index (χ2n) is 3.92. The highest BCUT2D eigenvalue weighted by Gasteiger charge is 2.02. The molecule has 0 unspecified atom stereocenters. The van der Waals surface area contributed by atoms with Crippen molar-refractivity contribution >= 4 is 44.8 Å². The van der Waals surface area contributed by atoms with E-state index in [-0.39, 0.29) is 12.5 Å². The third kappa shape index (κ3) is 4.58. The van der Waals surface area contributed by atoms with Gasteiger partial charge in [-0.25, -0.2) is 0 Å². The van der Waals surface area contributed by atoms with Crippen molar-refractivity contribution in [1.29, 1.82) is 0 Å². The number of carbonyl (C=O) groups excluding carboxylic acids is 1. The van der Waals surface area contributed by atoms with Gasteiger partial charge in [-0.3, -0.25) is 4.79 Å². The third-order valence-corrected chi connectivity index (χ3v) is 3.11. The first kappa shape index (κ1) is 13.9. The van der Waals surface area contributed by atoms with E-state index in [1.165, 1.54) is 0 Å². The molecule has 0 radical (unpaired) electrons. The van der Waals surface area contributed by atoms with Gasteiger partial charge in [0.15, 0.2) is 0 Å². The van der Waals surface area contributed by atoms with Crippen LogP contribution < -0.4 is 10.6 Å². The SMILES string of the molecule is O=C(CNc1cccc(Cl)c1)Nc1cccc(Br)c1. The van der Waals surface area contributed by atoms with Crippen molar-refractivity contribution in [3.8, 4) is 0 Å². The number of amides is 1. The van der Waals surface area contributed by atoms with Crippen LogP contribution in [0.5, 0.6) is 0 Å². The van der Waals surface area contributed by atoms with Crippen LogP contribution in [0.4, 0.5) is 11.4 Å². The lowest BCUT2D eigenvalue weighted by Crippen LogP contribution is -2.21. The average molecular weight is 340 g/mol. The predicted molar refractivity (Wildman–Crippen MR) is 82.7 cm³/mol. The fraction of sp³-hybridized carbons (Fsp3) is 0.0714. The van der Waals surface area contributed by atoms with Gasteiger partial charge < -0.3 is 10.6 Å². The summed E-state index contributed by atoms with van der Waals surface area (Å²) in [5.41, 5.74) is 1.57. The lowest BCUT2D eigenvalue weighted by Gasteiger charge is -2.08. The Hall–Kier alpha value is -1.52. The topological polar surface area (TPSA) is 41.1 Å². The zero-order chi connectivity index (χ0) is 13.7. The minimum atomic E-state index is -0.113. The van der Waals surface area contributed by atoms with Crippen molar-refractivity contribution in [2.24, 2.45) is 0 Å². The van der Waals surface area contributed by atoms with Crippen LogP contribution in [-0.2, 0) is 4.79 Å². The normalized spacial score (nSPS) is 10.0. The van der Waals surface area contributed by atoms with Crippen molar-refractivity contribution in [2.75, 3.05) is 17.2 Å². The van der Waals surface area contributed by atoms with E-state index >= 15 is 0 Å². The molecule has 0 atom stereocenters. The molecule has 0 saturated heterocycles. The third-order valence-electron chi connectivity index (χ3n) is 2.39. The van der Waals surface area contributed by atoms with E-state index < -0.39 is 0 Å². The first-order valence-corrected chi connectivity index (χ1v) is 6.85. The summed E-state index contributed by atoms with van der Waals surface area (Å²) < 4.78 is 0.924. The molecule has 2 aromatic carbocycles. The van der Waals surface area contributed by atoms with Crippen LogP contribution in [-0.4, -0.2) is 12.5 Å². The Balaban J connectivity index is 1.88. The maximum atomic E-state index is 11.8. The average Bonchev–Trinajstić information content (AvgIpc) is 2.36. The molecule has 0 bridgehead atoms. The molecule has 0 aliphatic rings. The van der Waals surface area contributed by atoms with Crippen LogP contribution in [0.3, 0.4) is 0 Å². The van der Waals surface area contributed by atoms with Gasteiger partial charge in [0.25, 0.3) is 0 Å². The first-order valence-electron chi connectivity index (χ1n) is 5.68. The predicted octanol–water partition coefficient (Wildman–Crippen LogP) is 4.15. The summed E-state index contributed by atoms with van der Waals surface area (Å²) in [5.74, 6) is -0.113. The molecule has 0 heterocycles. The van der Waals surface area contributed by atoms with Crippen molar-refractivity contribution < 1.29 is 4.79 Å².